The first kappa shape index (κ1) is 13.9. The van der Waals surface area contributed by atoms with Gasteiger partial charge in [0.25, 0.3) is 0 Å². The Labute approximate surface area is 134 Å². The molecule has 0 atom stereocenters. The van der Waals surface area contributed by atoms with E-state index in [4.69, 9.17) is 9.15 Å². The van der Waals surface area contributed by atoms with Gasteiger partial charge in [-0.25, -0.2) is 19.3 Å². The number of fused-ring (bicyclic) bond motifs is 3. The van der Waals surface area contributed by atoms with Crippen LogP contribution >= 0.6 is 11.3 Å². The molecule has 4 heterocycles. The van der Waals surface area contributed by atoms with Gasteiger partial charge in [-0.3, -0.25) is 0 Å². The Balaban J connectivity index is 1.95. The van der Waals surface area contributed by atoms with Crippen LogP contribution < -0.4 is 0 Å². The molecular formula is C15H12N4O3S. The molecule has 0 bridgehead atoms. The minimum atomic E-state index is -0.336. The number of aromatic nitrogens is 4. The molecule has 0 aliphatic heterocycles. The second-order valence-electron chi connectivity index (χ2n) is 4.88. The van der Waals surface area contributed by atoms with Crippen molar-refractivity contribution in [3.63, 3.8) is 0 Å². The van der Waals surface area contributed by atoms with Gasteiger partial charge < -0.3 is 9.15 Å². The molecule has 0 saturated heterocycles. The molecule has 0 spiro atoms. The van der Waals surface area contributed by atoms with Crippen LogP contribution in [0.3, 0.4) is 0 Å². The zero-order valence-electron chi connectivity index (χ0n) is 12.4. The Hall–Kier alpha value is -2.74. The van der Waals surface area contributed by atoms with Gasteiger partial charge in [0.15, 0.2) is 11.4 Å². The fourth-order valence-corrected chi connectivity index (χ4v) is 3.47. The lowest BCUT2D eigenvalue weighted by Gasteiger charge is -1.99. The lowest BCUT2D eigenvalue weighted by molar-refractivity contribution is 0.0531. The number of thiophene rings is 1. The van der Waals surface area contributed by atoms with E-state index in [0.29, 0.717) is 28.7 Å². The van der Waals surface area contributed by atoms with Crippen molar-refractivity contribution in [2.75, 3.05) is 6.61 Å². The van der Waals surface area contributed by atoms with Gasteiger partial charge in [0.2, 0.25) is 5.82 Å². The summed E-state index contributed by atoms with van der Waals surface area (Å²) >= 11 is 1.30. The fourth-order valence-electron chi connectivity index (χ4n) is 2.44. The summed E-state index contributed by atoms with van der Waals surface area (Å²) in [6.45, 7) is 3.99. The van der Waals surface area contributed by atoms with Crippen LogP contribution in [0.4, 0.5) is 0 Å². The summed E-state index contributed by atoms with van der Waals surface area (Å²) in [5.41, 5.74) is 1.45. The van der Waals surface area contributed by atoms with Gasteiger partial charge in [0, 0.05) is 0 Å². The minimum absolute atomic E-state index is 0.336. The zero-order valence-corrected chi connectivity index (χ0v) is 13.3. The SMILES string of the molecule is CCOC(=O)c1sc2ncn3nc(-c4ccco4)nc3c2c1C. The van der Waals surface area contributed by atoms with Crippen molar-refractivity contribution < 1.29 is 13.9 Å². The molecule has 0 radical (unpaired) electrons. The largest absolute Gasteiger partial charge is 0.462 e. The van der Waals surface area contributed by atoms with Crippen molar-refractivity contribution in [2.45, 2.75) is 13.8 Å². The fraction of sp³-hybridized carbons (Fsp3) is 0.200. The van der Waals surface area contributed by atoms with Crippen LogP contribution in [0, 0.1) is 6.92 Å². The zero-order chi connectivity index (χ0) is 16.0. The standard InChI is InChI=1S/C15H12N4O3S/c1-3-21-15(20)11-8(2)10-13-17-12(9-5-4-6-22-9)18-19(13)7-16-14(10)23-11/h4-7H,3H2,1-2H3. The second kappa shape index (κ2) is 5.17. The van der Waals surface area contributed by atoms with Crippen LogP contribution in [0.15, 0.2) is 29.1 Å². The average Bonchev–Trinajstić information content (AvgIpc) is 3.24. The van der Waals surface area contributed by atoms with Gasteiger partial charge in [-0.05, 0) is 31.5 Å². The van der Waals surface area contributed by atoms with E-state index in [1.807, 2.05) is 6.92 Å². The Morgan fingerprint density at radius 3 is 3.09 bits per heavy atom. The molecule has 7 nitrogen and oxygen atoms in total. The first-order valence-electron chi connectivity index (χ1n) is 7.04. The highest BCUT2D eigenvalue weighted by Crippen LogP contribution is 2.32. The van der Waals surface area contributed by atoms with Crippen molar-refractivity contribution in [2.24, 2.45) is 0 Å². The normalized spacial score (nSPS) is 11.4. The number of nitrogens with zero attached hydrogens (tertiary/aromatic N) is 4. The number of aryl methyl sites for hydroxylation is 1. The Bertz CT molecular complexity index is 1020. The van der Waals surface area contributed by atoms with E-state index in [9.17, 15) is 4.79 Å². The molecule has 4 aromatic rings. The Kier molecular flexibility index (Phi) is 3.12. The molecule has 0 unspecified atom stereocenters. The van der Waals surface area contributed by atoms with E-state index in [1.165, 1.54) is 11.3 Å². The summed E-state index contributed by atoms with van der Waals surface area (Å²) in [6.07, 6.45) is 3.16. The van der Waals surface area contributed by atoms with Crippen LogP contribution in [0.1, 0.15) is 22.2 Å². The van der Waals surface area contributed by atoms with E-state index in [1.54, 1.807) is 36.2 Å². The second-order valence-corrected chi connectivity index (χ2v) is 5.88. The molecule has 4 aromatic heterocycles. The van der Waals surface area contributed by atoms with Gasteiger partial charge in [0.1, 0.15) is 16.0 Å². The van der Waals surface area contributed by atoms with Gasteiger partial charge in [-0.2, -0.15) is 0 Å². The van der Waals surface area contributed by atoms with E-state index in [0.717, 1.165) is 15.8 Å². The smallest absolute Gasteiger partial charge is 0.348 e. The molecule has 0 aliphatic carbocycles. The lowest BCUT2D eigenvalue weighted by atomic mass is 10.2. The van der Waals surface area contributed by atoms with Gasteiger partial charge in [-0.1, -0.05) is 0 Å². The van der Waals surface area contributed by atoms with E-state index in [2.05, 4.69) is 15.1 Å². The van der Waals surface area contributed by atoms with Gasteiger partial charge in [0.05, 0.1) is 18.3 Å². The van der Waals surface area contributed by atoms with Crippen molar-refractivity contribution in [3.8, 4) is 11.6 Å². The number of furan rings is 1. The van der Waals surface area contributed by atoms with Crippen molar-refractivity contribution >= 4 is 33.2 Å². The summed E-state index contributed by atoms with van der Waals surface area (Å²) in [7, 11) is 0. The average molecular weight is 328 g/mol. The topological polar surface area (TPSA) is 82.5 Å². The molecule has 4 rings (SSSR count). The summed E-state index contributed by atoms with van der Waals surface area (Å²) in [6, 6.07) is 3.58. The van der Waals surface area contributed by atoms with Crippen molar-refractivity contribution in [1.82, 2.24) is 19.6 Å². The highest BCUT2D eigenvalue weighted by molar-refractivity contribution is 7.20. The molecule has 116 valence electrons. The summed E-state index contributed by atoms with van der Waals surface area (Å²) in [4.78, 5) is 22.2. The van der Waals surface area contributed by atoms with Crippen molar-refractivity contribution in [3.05, 3.63) is 35.2 Å². The minimum Gasteiger partial charge on any atom is -0.462 e. The first-order chi connectivity index (χ1) is 11.2. The Morgan fingerprint density at radius 1 is 1.48 bits per heavy atom. The molecule has 8 heteroatoms. The number of esters is 1. The number of carbonyl (C=O) groups is 1. The van der Waals surface area contributed by atoms with E-state index >= 15 is 0 Å². The molecular weight excluding hydrogens is 316 g/mol. The molecule has 0 aliphatic rings. The van der Waals surface area contributed by atoms with Crippen LogP contribution in [0.2, 0.25) is 0 Å². The maximum atomic E-state index is 12.1. The lowest BCUT2D eigenvalue weighted by Crippen LogP contribution is -2.03. The third-order valence-electron chi connectivity index (χ3n) is 3.47. The molecule has 0 aromatic carbocycles. The third-order valence-corrected chi connectivity index (χ3v) is 4.65. The number of hydrogen-bond acceptors (Lipinski definition) is 7. The third kappa shape index (κ3) is 2.10. The molecule has 0 saturated carbocycles. The Morgan fingerprint density at radius 2 is 2.35 bits per heavy atom. The molecule has 0 amide bonds. The van der Waals surface area contributed by atoms with E-state index in [-0.39, 0.29) is 5.97 Å². The number of hydrogen-bond donors (Lipinski definition) is 0. The number of carbonyl (C=O) groups excluding carboxylic acids is 1. The highest BCUT2D eigenvalue weighted by atomic mass is 32.1. The predicted molar refractivity (Wildman–Crippen MR) is 84.6 cm³/mol. The predicted octanol–water partition coefficient (Wildman–Crippen LogP) is 3.08. The maximum absolute atomic E-state index is 12.1. The monoisotopic (exact) mass is 328 g/mol. The highest BCUT2D eigenvalue weighted by Gasteiger charge is 2.21. The summed E-state index contributed by atoms with van der Waals surface area (Å²) in [5, 5.41) is 5.19. The summed E-state index contributed by atoms with van der Waals surface area (Å²) < 4.78 is 12.0. The summed E-state index contributed by atoms with van der Waals surface area (Å²) in [5.74, 6) is 0.727. The molecule has 23 heavy (non-hydrogen) atoms. The molecule has 0 N–H and O–H groups in total. The number of ether oxygens (including phenoxy) is 1. The van der Waals surface area contributed by atoms with Gasteiger partial charge >= 0.3 is 5.97 Å². The van der Waals surface area contributed by atoms with Crippen LogP contribution in [-0.4, -0.2) is 32.2 Å². The number of rotatable bonds is 3. The van der Waals surface area contributed by atoms with E-state index < -0.39 is 0 Å². The van der Waals surface area contributed by atoms with Gasteiger partial charge in [-0.15, -0.1) is 16.4 Å². The van der Waals surface area contributed by atoms with Crippen molar-refractivity contribution in [1.29, 1.82) is 0 Å². The van der Waals surface area contributed by atoms with Crippen LogP contribution in [0.25, 0.3) is 27.4 Å². The maximum Gasteiger partial charge on any atom is 0.348 e. The quantitative estimate of drug-likeness (QED) is 0.537. The first-order valence-corrected chi connectivity index (χ1v) is 7.86. The van der Waals surface area contributed by atoms with Crippen LogP contribution in [0.5, 0.6) is 0 Å². The molecule has 0 fully saturated rings. The van der Waals surface area contributed by atoms with Crippen LogP contribution in [-0.2, 0) is 4.74 Å².